The fourth-order valence-electron chi connectivity index (χ4n) is 4.01. The highest BCUT2D eigenvalue weighted by Crippen LogP contribution is 2.36. The van der Waals surface area contributed by atoms with Crippen LogP contribution in [0.15, 0.2) is 48.9 Å². The molecule has 1 aliphatic heterocycles. The van der Waals surface area contributed by atoms with Gasteiger partial charge in [0.05, 0.1) is 5.39 Å². The fraction of sp³-hybridized carbons (Fsp3) is 0.227. The second-order valence-corrected chi connectivity index (χ2v) is 7.14. The minimum atomic E-state index is -0.492. The quantitative estimate of drug-likeness (QED) is 0.552. The van der Waals surface area contributed by atoms with Gasteiger partial charge in [-0.1, -0.05) is 24.3 Å². The summed E-state index contributed by atoms with van der Waals surface area (Å²) < 4.78 is 15.5. The molecule has 1 N–H and O–H groups in total. The van der Waals surface area contributed by atoms with Gasteiger partial charge in [0, 0.05) is 24.8 Å². The molecule has 4 aromatic rings. The lowest BCUT2D eigenvalue weighted by Gasteiger charge is -2.28. The van der Waals surface area contributed by atoms with Gasteiger partial charge in [0.2, 0.25) is 0 Å². The lowest BCUT2D eigenvalue weighted by Crippen LogP contribution is -2.30. The first-order valence-corrected chi connectivity index (χ1v) is 9.48. The number of phenolic OH excluding ortho intramolecular Hbond substituents is 1. The number of anilines is 1. The Balaban J connectivity index is 1.72. The van der Waals surface area contributed by atoms with E-state index in [1.807, 2.05) is 24.3 Å². The zero-order valence-corrected chi connectivity index (χ0v) is 15.3. The number of fused-ring (bicyclic) bond motifs is 2. The smallest absolute Gasteiger partial charge is 0.175 e. The van der Waals surface area contributed by atoms with Crippen molar-refractivity contribution in [2.24, 2.45) is 0 Å². The summed E-state index contributed by atoms with van der Waals surface area (Å²) in [5.41, 5.74) is 0.990. The number of rotatable bonds is 2. The number of aromatic nitrogens is 3. The van der Waals surface area contributed by atoms with E-state index in [1.54, 1.807) is 18.3 Å². The molecule has 5 nitrogen and oxygen atoms in total. The Bertz CT molecular complexity index is 1190. The Morgan fingerprint density at radius 1 is 0.929 bits per heavy atom. The van der Waals surface area contributed by atoms with Crippen molar-refractivity contribution in [1.29, 1.82) is 0 Å². The van der Waals surface area contributed by atoms with E-state index >= 15 is 4.39 Å². The number of pyridine rings is 1. The molecule has 1 aliphatic rings. The van der Waals surface area contributed by atoms with Gasteiger partial charge in [-0.25, -0.2) is 14.4 Å². The average molecular weight is 374 g/mol. The molecule has 1 fully saturated rings. The molecule has 3 heterocycles. The number of aromatic hydroxyl groups is 1. The van der Waals surface area contributed by atoms with Crippen molar-refractivity contribution in [1.82, 2.24) is 15.0 Å². The third-order valence-corrected chi connectivity index (χ3v) is 5.36. The molecule has 0 amide bonds. The maximum absolute atomic E-state index is 15.5. The van der Waals surface area contributed by atoms with E-state index in [1.165, 1.54) is 12.7 Å². The van der Waals surface area contributed by atoms with Crippen LogP contribution in [0.2, 0.25) is 0 Å². The molecule has 0 unspecified atom stereocenters. The largest absolute Gasteiger partial charge is 0.508 e. The second kappa shape index (κ2) is 6.71. The fourth-order valence-corrected chi connectivity index (χ4v) is 4.01. The minimum absolute atomic E-state index is 0.0756. The Kier molecular flexibility index (Phi) is 4.04. The van der Waals surface area contributed by atoms with Crippen LogP contribution in [0.3, 0.4) is 0 Å². The molecule has 140 valence electrons. The maximum atomic E-state index is 15.5. The molecule has 2 aromatic heterocycles. The molecule has 0 radical (unpaired) electrons. The lowest BCUT2D eigenvalue weighted by molar-refractivity contribution is 0.476. The van der Waals surface area contributed by atoms with Crippen molar-refractivity contribution in [2.45, 2.75) is 19.3 Å². The Labute approximate surface area is 161 Å². The van der Waals surface area contributed by atoms with Crippen LogP contribution in [0.5, 0.6) is 5.75 Å². The Hall–Kier alpha value is -3.28. The molecule has 0 spiro atoms. The summed E-state index contributed by atoms with van der Waals surface area (Å²) >= 11 is 0. The van der Waals surface area contributed by atoms with Crippen molar-refractivity contribution in [3.05, 3.63) is 54.7 Å². The summed E-state index contributed by atoms with van der Waals surface area (Å²) in [6.07, 6.45) is 6.49. The third-order valence-electron chi connectivity index (χ3n) is 5.36. The minimum Gasteiger partial charge on any atom is -0.508 e. The summed E-state index contributed by atoms with van der Waals surface area (Å²) in [4.78, 5) is 15.2. The summed E-state index contributed by atoms with van der Waals surface area (Å²) in [5, 5.41) is 12.4. The van der Waals surface area contributed by atoms with Crippen LogP contribution in [0.1, 0.15) is 19.3 Å². The predicted octanol–water partition coefficient (Wildman–Crippen LogP) is 4.68. The SMILES string of the molecule is Oc1cc(-c2ncc3c(N4CCCCC4)ncnc3c2F)c2ccccc2c1. The molecule has 6 heteroatoms. The van der Waals surface area contributed by atoms with E-state index in [0.717, 1.165) is 42.5 Å². The van der Waals surface area contributed by atoms with Gasteiger partial charge in [-0.05, 0) is 42.2 Å². The van der Waals surface area contributed by atoms with E-state index in [-0.39, 0.29) is 17.0 Å². The summed E-state index contributed by atoms with van der Waals surface area (Å²) in [6.45, 7) is 1.82. The van der Waals surface area contributed by atoms with E-state index in [2.05, 4.69) is 19.9 Å². The van der Waals surface area contributed by atoms with Crippen molar-refractivity contribution in [3.8, 4) is 17.0 Å². The van der Waals surface area contributed by atoms with Gasteiger partial charge in [-0.15, -0.1) is 0 Å². The second-order valence-electron chi connectivity index (χ2n) is 7.14. The molecule has 5 rings (SSSR count). The van der Waals surface area contributed by atoms with Gasteiger partial charge < -0.3 is 10.0 Å². The highest BCUT2D eigenvalue weighted by Gasteiger charge is 2.20. The molecular weight excluding hydrogens is 355 g/mol. The first kappa shape index (κ1) is 16.9. The van der Waals surface area contributed by atoms with Crippen LogP contribution in [0.25, 0.3) is 32.9 Å². The van der Waals surface area contributed by atoms with Crippen LogP contribution in [0, 0.1) is 5.82 Å². The van der Waals surface area contributed by atoms with Gasteiger partial charge in [-0.2, -0.15) is 0 Å². The maximum Gasteiger partial charge on any atom is 0.175 e. The van der Waals surface area contributed by atoms with Crippen LogP contribution >= 0.6 is 0 Å². The topological polar surface area (TPSA) is 62.1 Å². The third kappa shape index (κ3) is 2.72. The lowest BCUT2D eigenvalue weighted by atomic mass is 10.00. The first-order valence-electron chi connectivity index (χ1n) is 9.48. The molecule has 0 atom stereocenters. The number of phenols is 1. The average Bonchev–Trinajstić information content (AvgIpc) is 2.74. The molecule has 28 heavy (non-hydrogen) atoms. The highest BCUT2D eigenvalue weighted by molar-refractivity contribution is 5.99. The van der Waals surface area contributed by atoms with Crippen molar-refractivity contribution in [3.63, 3.8) is 0 Å². The normalized spacial score (nSPS) is 14.7. The van der Waals surface area contributed by atoms with E-state index in [9.17, 15) is 5.11 Å². The summed E-state index contributed by atoms with van der Waals surface area (Å²) in [7, 11) is 0. The number of benzene rings is 2. The molecular formula is C22H19FN4O. The summed E-state index contributed by atoms with van der Waals surface area (Å²) in [5.74, 6) is 0.323. The van der Waals surface area contributed by atoms with Gasteiger partial charge in [-0.3, -0.25) is 4.98 Å². The monoisotopic (exact) mass is 374 g/mol. The molecule has 1 saturated heterocycles. The molecule has 0 saturated carbocycles. The number of hydrogen-bond donors (Lipinski definition) is 1. The highest BCUT2D eigenvalue weighted by atomic mass is 19.1. The zero-order valence-electron chi connectivity index (χ0n) is 15.3. The van der Waals surface area contributed by atoms with Crippen LogP contribution in [-0.2, 0) is 0 Å². The van der Waals surface area contributed by atoms with E-state index < -0.39 is 5.82 Å². The van der Waals surface area contributed by atoms with Crippen molar-refractivity contribution in [2.75, 3.05) is 18.0 Å². The van der Waals surface area contributed by atoms with Crippen LogP contribution in [-0.4, -0.2) is 33.1 Å². The Morgan fingerprint density at radius 3 is 2.61 bits per heavy atom. The summed E-state index contributed by atoms with van der Waals surface area (Å²) in [6, 6.07) is 10.8. The molecule has 0 aliphatic carbocycles. The van der Waals surface area contributed by atoms with Gasteiger partial charge in [0.15, 0.2) is 5.82 Å². The standard InChI is InChI=1S/C22H19FN4O/c23-19-20(17-11-15(28)10-14-6-2-3-7-16(14)17)24-12-18-21(19)25-13-26-22(18)27-8-4-1-5-9-27/h2-3,6-7,10-13,28H,1,4-5,8-9H2. The van der Waals surface area contributed by atoms with E-state index in [0.29, 0.717) is 10.9 Å². The van der Waals surface area contributed by atoms with Crippen molar-refractivity contribution >= 4 is 27.5 Å². The number of nitrogens with zero attached hydrogens (tertiary/aromatic N) is 4. The van der Waals surface area contributed by atoms with Crippen LogP contribution in [0.4, 0.5) is 10.2 Å². The first-order chi connectivity index (χ1) is 13.7. The van der Waals surface area contributed by atoms with Gasteiger partial charge >= 0.3 is 0 Å². The van der Waals surface area contributed by atoms with Crippen LogP contribution < -0.4 is 4.90 Å². The predicted molar refractivity (Wildman–Crippen MR) is 108 cm³/mol. The van der Waals surface area contributed by atoms with E-state index in [4.69, 9.17) is 0 Å². The number of piperidine rings is 1. The van der Waals surface area contributed by atoms with Gasteiger partial charge in [0.25, 0.3) is 0 Å². The number of hydrogen-bond acceptors (Lipinski definition) is 5. The zero-order chi connectivity index (χ0) is 19.1. The molecule has 2 aromatic carbocycles. The Morgan fingerprint density at radius 2 is 1.75 bits per heavy atom. The molecule has 0 bridgehead atoms. The van der Waals surface area contributed by atoms with Crippen molar-refractivity contribution < 1.29 is 9.50 Å². The number of halogens is 1. The van der Waals surface area contributed by atoms with Gasteiger partial charge in [0.1, 0.15) is 29.1 Å².